The zero-order chi connectivity index (χ0) is 19.1. The number of benzene rings is 2. The fourth-order valence-electron chi connectivity index (χ4n) is 2.39. The maximum absolute atomic E-state index is 12.9. The van der Waals surface area contributed by atoms with Crippen LogP contribution in [0.15, 0.2) is 60.7 Å². The normalized spacial score (nSPS) is 10.3. The van der Waals surface area contributed by atoms with E-state index in [1.807, 2.05) is 31.2 Å². The summed E-state index contributed by atoms with van der Waals surface area (Å²) in [6, 6.07) is 16.7. The number of amides is 1. The predicted octanol–water partition coefficient (Wildman–Crippen LogP) is 3.94. The van der Waals surface area contributed by atoms with Crippen LogP contribution in [0.1, 0.15) is 12.5 Å². The first-order valence-electron chi connectivity index (χ1n) is 8.50. The summed E-state index contributed by atoms with van der Waals surface area (Å²) >= 11 is 0. The molecule has 0 saturated carbocycles. The monoisotopic (exact) mass is 366 g/mol. The van der Waals surface area contributed by atoms with E-state index in [-0.39, 0.29) is 18.1 Å². The Hall–Kier alpha value is -3.48. The third-order valence-corrected chi connectivity index (χ3v) is 3.65. The Morgan fingerprint density at radius 2 is 1.63 bits per heavy atom. The van der Waals surface area contributed by atoms with Crippen molar-refractivity contribution in [3.8, 4) is 5.75 Å². The van der Waals surface area contributed by atoms with Gasteiger partial charge in [-0.1, -0.05) is 12.1 Å². The molecule has 0 spiro atoms. The molecule has 0 unspecified atom stereocenters. The van der Waals surface area contributed by atoms with Crippen molar-refractivity contribution in [1.82, 2.24) is 10.2 Å². The van der Waals surface area contributed by atoms with Gasteiger partial charge in [0.1, 0.15) is 11.6 Å². The van der Waals surface area contributed by atoms with Crippen molar-refractivity contribution in [2.45, 2.75) is 13.3 Å². The van der Waals surface area contributed by atoms with E-state index in [1.165, 1.54) is 12.1 Å². The number of ether oxygens (including phenoxy) is 1. The zero-order valence-electron chi connectivity index (χ0n) is 14.8. The van der Waals surface area contributed by atoms with Gasteiger partial charge in [0.15, 0.2) is 11.6 Å². The van der Waals surface area contributed by atoms with Crippen LogP contribution in [0.2, 0.25) is 0 Å². The van der Waals surface area contributed by atoms with E-state index in [4.69, 9.17) is 4.74 Å². The number of aromatic nitrogens is 2. The summed E-state index contributed by atoms with van der Waals surface area (Å²) in [6.45, 7) is 2.55. The predicted molar refractivity (Wildman–Crippen MR) is 102 cm³/mol. The molecule has 1 amide bonds. The molecule has 0 radical (unpaired) electrons. The molecule has 27 heavy (non-hydrogen) atoms. The van der Waals surface area contributed by atoms with Crippen molar-refractivity contribution in [3.63, 3.8) is 0 Å². The van der Waals surface area contributed by atoms with E-state index in [0.29, 0.717) is 18.2 Å². The first-order chi connectivity index (χ1) is 13.1. The molecule has 0 atom stereocenters. The van der Waals surface area contributed by atoms with Crippen LogP contribution in [0.25, 0.3) is 0 Å². The average molecular weight is 366 g/mol. The van der Waals surface area contributed by atoms with E-state index in [1.54, 1.807) is 24.3 Å². The Balaban J connectivity index is 1.54. The van der Waals surface area contributed by atoms with Gasteiger partial charge in [-0.2, -0.15) is 0 Å². The lowest BCUT2D eigenvalue weighted by Gasteiger charge is -2.08. The molecule has 0 aliphatic heterocycles. The summed E-state index contributed by atoms with van der Waals surface area (Å²) < 4.78 is 18.3. The van der Waals surface area contributed by atoms with E-state index in [9.17, 15) is 9.18 Å². The lowest BCUT2D eigenvalue weighted by atomic mass is 10.1. The highest BCUT2D eigenvalue weighted by Gasteiger charge is 2.06. The first-order valence-corrected chi connectivity index (χ1v) is 8.50. The summed E-state index contributed by atoms with van der Waals surface area (Å²) in [7, 11) is 0. The van der Waals surface area contributed by atoms with Gasteiger partial charge in [0, 0.05) is 5.69 Å². The highest BCUT2D eigenvalue weighted by molar-refractivity contribution is 5.91. The van der Waals surface area contributed by atoms with Crippen molar-refractivity contribution in [1.29, 1.82) is 0 Å². The van der Waals surface area contributed by atoms with Crippen molar-refractivity contribution in [3.05, 3.63) is 72.0 Å². The SMILES string of the molecule is CCOc1ccc(Nc2ccc(NC(=O)Cc3ccc(F)cc3)nn2)cc1. The van der Waals surface area contributed by atoms with Crippen molar-refractivity contribution in [2.75, 3.05) is 17.2 Å². The minimum atomic E-state index is -0.333. The third-order valence-electron chi connectivity index (χ3n) is 3.65. The number of anilines is 3. The number of hydrogen-bond acceptors (Lipinski definition) is 5. The Morgan fingerprint density at radius 1 is 0.963 bits per heavy atom. The van der Waals surface area contributed by atoms with Gasteiger partial charge in [-0.05, 0) is 61.0 Å². The standard InChI is InChI=1S/C20H19FN4O2/c1-2-27-17-9-7-16(8-10-17)22-18-11-12-19(25-24-18)23-20(26)13-14-3-5-15(21)6-4-14/h3-12H,2,13H2,1H3,(H,22,24)(H,23,25,26). The molecule has 2 aromatic carbocycles. The second-order valence-corrected chi connectivity index (χ2v) is 5.74. The molecular weight excluding hydrogens is 347 g/mol. The Bertz CT molecular complexity index is 881. The van der Waals surface area contributed by atoms with Gasteiger partial charge < -0.3 is 15.4 Å². The van der Waals surface area contributed by atoms with Crippen LogP contribution in [0, 0.1) is 5.82 Å². The van der Waals surface area contributed by atoms with E-state index in [0.717, 1.165) is 17.0 Å². The summed E-state index contributed by atoms with van der Waals surface area (Å²) in [5.41, 5.74) is 1.57. The van der Waals surface area contributed by atoms with Crippen molar-refractivity contribution in [2.24, 2.45) is 0 Å². The van der Waals surface area contributed by atoms with Crippen molar-refractivity contribution < 1.29 is 13.9 Å². The fourth-order valence-corrected chi connectivity index (χ4v) is 2.39. The largest absolute Gasteiger partial charge is 0.494 e. The molecule has 1 aromatic heterocycles. The minimum Gasteiger partial charge on any atom is -0.494 e. The number of nitrogens with zero attached hydrogens (tertiary/aromatic N) is 2. The van der Waals surface area contributed by atoms with Gasteiger partial charge >= 0.3 is 0 Å². The van der Waals surface area contributed by atoms with Gasteiger partial charge in [-0.25, -0.2) is 4.39 Å². The number of carbonyl (C=O) groups is 1. The van der Waals surface area contributed by atoms with Crippen LogP contribution < -0.4 is 15.4 Å². The minimum absolute atomic E-state index is 0.133. The molecule has 0 aliphatic carbocycles. The first kappa shape index (κ1) is 18.3. The Morgan fingerprint density at radius 3 is 2.26 bits per heavy atom. The second-order valence-electron chi connectivity index (χ2n) is 5.74. The summed E-state index contributed by atoms with van der Waals surface area (Å²) in [4.78, 5) is 12.0. The summed E-state index contributed by atoms with van der Waals surface area (Å²) in [5.74, 6) is 1.12. The molecule has 0 bridgehead atoms. The lowest BCUT2D eigenvalue weighted by Crippen LogP contribution is -2.15. The maximum atomic E-state index is 12.9. The van der Waals surface area contributed by atoms with Gasteiger partial charge in [-0.15, -0.1) is 10.2 Å². The number of carbonyl (C=O) groups excluding carboxylic acids is 1. The molecule has 3 aromatic rings. The van der Waals surface area contributed by atoms with Gasteiger partial charge in [0.05, 0.1) is 13.0 Å². The van der Waals surface area contributed by atoms with Crippen LogP contribution in [0.3, 0.4) is 0 Å². The average Bonchev–Trinajstić information content (AvgIpc) is 2.67. The van der Waals surface area contributed by atoms with E-state index >= 15 is 0 Å². The maximum Gasteiger partial charge on any atom is 0.229 e. The van der Waals surface area contributed by atoms with E-state index in [2.05, 4.69) is 20.8 Å². The molecule has 138 valence electrons. The quantitative estimate of drug-likeness (QED) is 0.662. The van der Waals surface area contributed by atoms with Crippen LogP contribution in [0.4, 0.5) is 21.7 Å². The zero-order valence-corrected chi connectivity index (χ0v) is 14.8. The molecule has 3 rings (SSSR count). The molecule has 7 heteroatoms. The van der Waals surface area contributed by atoms with Crippen molar-refractivity contribution >= 4 is 23.2 Å². The van der Waals surface area contributed by atoms with Crippen LogP contribution in [-0.2, 0) is 11.2 Å². The van der Waals surface area contributed by atoms with Gasteiger partial charge in [0.2, 0.25) is 5.91 Å². The number of rotatable bonds is 7. The van der Waals surface area contributed by atoms with Crippen LogP contribution >= 0.6 is 0 Å². The summed E-state index contributed by atoms with van der Waals surface area (Å²) in [6.07, 6.45) is 0.133. The van der Waals surface area contributed by atoms with E-state index < -0.39 is 0 Å². The second kappa shape index (κ2) is 8.75. The topological polar surface area (TPSA) is 76.1 Å². The molecular formula is C20H19FN4O2. The highest BCUT2D eigenvalue weighted by Crippen LogP contribution is 2.19. The Kier molecular flexibility index (Phi) is 5.94. The molecule has 6 nitrogen and oxygen atoms in total. The smallest absolute Gasteiger partial charge is 0.229 e. The number of nitrogens with one attached hydrogen (secondary N) is 2. The Labute approximate surface area is 156 Å². The molecule has 0 saturated heterocycles. The van der Waals surface area contributed by atoms with Crippen LogP contribution in [-0.4, -0.2) is 22.7 Å². The molecule has 1 heterocycles. The molecule has 0 aliphatic rings. The molecule has 0 fully saturated rings. The number of halogens is 1. The number of hydrogen-bond donors (Lipinski definition) is 2. The summed E-state index contributed by atoms with van der Waals surface area (Å²) in [5, 5.41) is 13.8. The lowest BCUT2D eigenvalue weighted by molar-refractivity contribution is -0.115. The third kappa shape index (κ3) is 5.50. The highest BCUT2D eigenvalue weighted by atomic mass is 19.1. The van der Waals surface area contributed by atoms with Gasteiger partial charge in [-0.3, -0.25) is 4.79 Å². The molecule has 2 N–H and O–H groups in total. The van der Waals surface area contributed by atoms with Gasteiger partial charge in [0.25, 0.3) is 0 Å². The fraction of sp³-hybridized carbons (Fsp3) is 0.150. The van der Waals surface area contributed by atoms with Crippen LogP contribution in [0.5, 0.6) is 5.75 Å².